The third kappa shape index (κ3) is 5.94. The molecule has 0 aliphatic heterocycles. The molecule has 0 aromatic heterocycles. The second kappa shape index (κ2) is 10.7. The number of methoxy groups -OCH3 is 1. The van der Waals surface area contributed by atoms with Gasteiger partial charge in [0.05, 0.1) is 13.0 Å². The largest absolute Gasteiger partial charge is 0.481 e. The van der Waals surface area contributed by atoms with Crippen molar-refractivity contribution >= 4 is 18.0 Å². The number of benzene rings is 2. The number of hydrogen-bond acceptors (Lipinski definition) is 5. The van der Waals surface area contributed by atoms with E-state index in [0.717, 1.165) is 22.3 Å². The van der Waals surface area contributed by atoms with Crippen molar-refractivity contribution in [1.29, 1.82) is 0 Å². The molecule has 0 fully saturated rings. The lowest BCUT2D eigenvalue weighted by atomic mass is 9.84. The number of carbonyl (C=O) groups excluding carboxylic acids is 2. The van der Waals surface area contributed by atoms with E-state index >= 15 is 0 Å². The number of carbonyl (C=O) groups is 3. The van der Waals surface area contributed by atoms with Crippen LogP contribution in [0.15, 0.2) is 48.5 Å². The Morgan fingerprint density at radius 1 is 1.00 bits per heavy atom. The van der Waals surface area contributed by atoms with Gasteiger partial charge in [0.2, 0.25) is 0 Å². The first-order chi connectivity index (χ1) is 16.1. The lowest BCUT2D eigenvalue weighted by Gasteiger charge is -2.31. The number of rotatable bonds is 9. The van der Waals surface area contributed by atoms with Gasteiger partial charge >= 0.3 is 12.1 Å². The summed E-state index contributed by atoms with van der Waals surface area (Å²) < 4.78 is 10.7. The maximum Gasteiger partial charge on any atom is 0.407 e. The minimum atomic E-state index is -1.01. The molecule has 182 valence electrons. The van der Waals surface area contributed by atoms with Crippen LogP contribution < -0.4 is 10.6 Å². The SMILES string of the molecule is COC(CNC(=O)OCC1c2ccccc2-c2ccccc21)C(=O)NC(CC(=O)O)C(C)(C)C. The maximum atomic E-state index is 12.6. The number of hydrogen-bond donors (Lipinski definition) is 3. The number of ether oxygens (including phenoxy) is 2. The highest BCUT2D eigenvalue weighted by molar-refractivity contribution is 5.83. The minimum Gasteiger partial charge on any atom is -0.481 e. The molecule has 2 atom stereocenters. The number of carboxylic acid groups (broad SMARTS) is 1. The zero-order valence-electron chi connectivity index (χ0n) is 20.0. The third-order valence-electron chi connectivity index (χ3n) is 6.09. The molecular formula is C26H32N2O6. The van der Waals surface area contributed by atoms with Crippen molar-refractivity contribution < 1.29 is 29.0 Å². The van der Waals surface area contributed by atoms with Gasteiger partial charge in [0.15, 0.2) is 6.10 Å². The molecule has 8 heteroatoms. The van der Waals surface area contributed by atoms with Crippen molar-refractivity contribution in [3.63, 3.8) is 0 Å². The molecule has 8 nitrogen and oxygen atoms in total. The molecule has 2 unspecified atom stereocenters. The number of amides is 2. The van der Waals surface area contributed by atoms with Crippen LogP contribution in [0.4, 0.5) is 4.79 Å². The van der Waals surface area contributed by atoms with Gasteiger partial charge in [0.25, 0.3) is 5.91 Å². The Morgan fingerprint density at radius 3 is 2.06 bits per heavy atom. The van der Waals surface area contributed by atoms with E-state index in [1.165, 1.54) is 7.11 Å². The van der Waals surface area contributed by atoms with Gasteiger partial charge in [0.1, 0.15) is 6.61 Å². The van der Waals surface area contributed by atoms with Gasteiger partial charge in [-0.05, 0) is 27.7 Å². The predicted octanol–water partition coefficient (Wildman–Crippen LogP) is 3.55. The monoisotopic (exact) mass is 468 g/mol. The second-order valence-corrected chi connectivity index (χ2v) is 9.46. The summed E-state index contributed by atoms with van der Waals surface area (Å²) in [6.45, 7) is 5.59. The Bertz CT molecular complexity index is 1000. The molecule has 0 radical (unpaired) electrons. The summed E-state index contributed by atoms with van der Waals surface area (Å²) in [5, 5.41) is 14.4. The summed E-state index contributed by atoms with van der Waals surface area (Å²) in [6, 6.07) is 15.5. The predicted molar refractivity (Wildman–Crippen MR) is 128 cm³/mol. The summed E-state index contributed by atoms with van der Waals surface area (Å²) in [4.78, 5) is 36.2. The fraction of sp³-hybridized carbons (Fsp3) is 0.423. The van der Waals surface area contributed by atoms with Crippen LogP contribution in [0.1, 0.15) is 44.2 Å². The van der Waals surface area contributed by atoms with Crippen molar-refractivity contribution in [2.45, 2.75) is 45.3 Å². The van der Waals surface area contributed by atoms with Crippen molar-refractivity contribution in [2.75, 3.05) is 20.3 Å². The van der Waals surface area contributed by atoms with Crippen LogP contribution in [-0.2, 0) is 19.1 Å². The van der Waals surface area contributed by atoms with Crippen LogP contribution in [0.25, 0.3) is 11.1 Å². The van der Waals surface area contributed by atoms with Gasteiger partial charge < -0.3 is 25.2 Å². The molecule has 0 heterocycles. The minimum absolute atomic E-state index is 0.0665. The van der Waals surface area contributed by atoms with E-state index in [9.17, 15) is 14.4 Å². The molecule has 3 rings (SSSR count). The normalized spacial score (nSPS) is 14.5. The van der Waals surface area contributed by atoms with Crippen LogP contribution in [0.5, 0.6) is 0 Å². The Morgan fingerprint density at radius 2 is 1.56 bits per heavy atom. The average Bonchev–Trinajstić information content (AvgIpc) is 3.10. The van der Waals surface area contributed by atoms with Gasteiger partial charge in [-0.3, -0.25) is 9.59 Å². The van der Waals surface area contributed by atoms with E-state index in [0.29, 0.717) is 0 Å². The highest BCUT2D eigenvalue weighted by atomic mass is 16.5. The number of fused-ring (bicyclic) bond motifs is 3. The Labute approximate surface area is 199 Å². The summed E-state index contributed by atoms with van der Waals surface area (Å²) in [7, 11) is 1.35. The van der Waals surface area contributed by atoms with Crippen molar-refractivity contribution in [3.05, 3.63) is 59.7 Å². The van der Waals surface area contributed by atoms with Gasteiger partial charge in [-0.25, -0.2) is 4.79 Å². The van der Waals surface area contributed by atoms with Crippen molar-refractivity contribution in [3.8, 4) is 11.1 Å². The third-order valence-corrected chi connectivity index (χ3v) is 6.09. The smallest absolute Gasteiger partial charge is 0.407 e. The van der Waals surface area contributed by atoms with E-state index in [1.807, 2.05) is 57.2 Å². The lowest BCUT2D eigenvalue weighted by molar-refractivity contribution is -0.139. The number of carboxylic acids is 1. The van der Waals surface area contributed by atoms with Crippen LogP contribution in [0.3, 0.4) is 0 Å². The number of nitrogens with one attached hydrogen (secondary N) is 2. The first-order valence-corrected chi connectivity index (χ1v) is 11.3. The fourth-order valence-corrected chi connectivity index (χ4v) is 4.12. The Balaban J connectivity index is 1.56. The molecule has 2 aromatic carbocycles. The standard InChI is InChI=1S/C26H32N2O6/c1-26(2,3)22(13-23(29)30)28-24(31)21(33-4)14-27-25(32)34-15-20-18-11-7-5-9-16(18)17-10-6-8-12-19(17)20/h5-12,20-22H,13-15H2,1-4H3,(H,27,32)(H,28,31)(H,29,30). The molecular weight excluding hydrogens is 436 g/mol. The number of aliphatic carboxylic acids is 1. The summed E-state index contributed by atoms with van der Waals surface area (Å²) in [5.41, 5.74) is 4.03. The zero-order chi connectivity index (χ0) is 24.9. The maximum absolute atomic E-state index is 12.6. The molecule has 1 aliphatic rings. The highest BCUT2D eigenvalue weighted by Crippen LogP contribution is 2.44. The first-order valence-electron chi connectivity index (χ1n) is 11.3. The second-order valence-electron chi connectivity index (χ2n) is 9.46. The van der Waals surface area contributed by atoms with Crippen LogP contribution in [0, 0.1) is 5.41 Å². The van der Waals surface area contributed by atoms with E-state index in [-0.39, 0.29) is 25.5 Å². The van der Waals surface area contributed by atoms with E-state index in [2.05, 4.69) is 22.8 Å². The van der Waals surface area contributed by atoms with Crippen molar-refractivity contribution in [1.82, 2.24) is 10.6 Å². The van der Waals surface area contributed by atoms with E-state index in [4.69, 9.17) is 14.6 Å². The van der Waals surface area contributed by atoms with Crippen LogP contribution >= 0.6 is 0 Å². The summed E-state index contributed by atoms with van der Waals surface area (Å²) in [6.07, 6.45) is -1.86. The quantitative estimate of drug-likeness (QED) is 0.519. The first kappa shape index (κ1) is 25.2. The van der Waals surface area contributed by atoms with Gasteiger partial charge in [-0.15, -0.1) is 0 Å². The molecule has 3 N–H and O–H groups in total. The fourth-order valence-electron chi connectivity index (χ4n) is 4.12. The Kier molecular flexibility index (Phi) is 7.94. The summed E-state index contributed by atoms with van der Waals surface area (Å²) >= 11 is 0. The highest BCUT2D eigenvalue weighted by Gasteiger charge is 2.32. The lowest BCUT2D eigenvalue weighted by Crippen LogP contribution is -2.51. The van der Waals surface area contributed by atoms with Crippen molar-refractivity contribution in [2.24, 2.45) is 5.41 Å². The van der Waals surface area contributed by atoms with Gasteiger partial charge in [-0.1, -0.05) is 69.3 Å². The van der Waals surface area contributed by atoms with Crippen LogP contribution in [0.2, 0.25) is 0 Å². The van der Waals surface area contributed by atoms with Crippen LogP contribution in [-0.4, -0.2) is 55.5 Å². The van der Waals surface area contributed by atoms with E-state index in [1.54, 1.807) is 0 Å². The molecule has 1 aliphatic carbocycles. The summed E-state index contributed by atoms with van der Waals surface area (Å²) in [5.74, 6) is -1.57. The molecule has 0 saturated heterocycles. The average molecular weight is 469 g/mol. The molecule has 34 heavy (non-hydrogen) atoms. The zero-order valence-corrected chi connectivity index (χ0v) is 20.0. The molecule has 0 spiro atoms. The Hall–Kier alpha value is -3.39. The molecule has 0 bridgehead atoms. The molecule has 0 saturated carbocycles. The molecule has 2 amide bonds. The number of alkyl carbamates (subject to hydrolysis) is 1. The van der Waals surface area contributed by atoms with Gasteiger partial charge in [-0.2, -0.15) is 0 Å². The molecule has 2 aromatic rings. The topological polar surface area (TPSA) is 114 Å². The van der Waals surface area contributed by atoms with Gasteiger partial charge in [0, 0.05) is 19.1 Å². The van der Waals surface area contributed by atoms with E-state index < -0.39 is 35.5 Å².